The van der Waals surface area contributed by atoms with Crippen LogP contribution in [-0.4, -0.2) is 29.2 Å². The van der Waals surface area contributed by atoms with Gasteiger partial charge in [-0.15, -0.1) is 0 Å². The molecule has 1 aromatic carbocycles. The fraction of sp³-hybridized carbons (Fsp3) is 0.438. The molecule has 6 heteroatoms. The van der Waals surface area contributed by atoms with E-state index in [1.807, 2.05) is 25.1 Å². The van der Waals surface area contributed by atoms with Crippen molar-refractivity contribution in [1.29, 1.82) is 0 Å². The summed E-state index contributed by atoms with van der Waals surface area (Å²) < 4.78 is 0. The van der Waals surface area contributed by atoms with E-state index in [1.165, 1.54) is 4.90 Å². The Morgan fingerprint density at radius 2 is 2.00 bits per heavy atom. The molecule has 0 aliphatic carbocycles. The van der Waals surface area contributed by atoms with Crippen molar-refractivity contribution in [2.24, 2.45) is 0 Å². The minimum Gasteiger partial charge on any atom is -0.349 e. The van der Waals surface area contributed by atoms with E-state index in [1.54, 1.807) is 6.07 Å². The van der Waals surface area contributed by atoms with Crippen LogP contribution in [0.1, 0.15) is 44.2 Å². The van der Waals surface area contributed by atoms with E-state index in [0.717, 1.165) is 12.0 Å². The minimum atomic E-state index is -0.195. The average molecular weight is 323 g/mol. The van der Waals surface area contributed by atoms with Gasteiger partial charge in [-0.2, -0.15) is 0 Å². The maximum absolute atomic E-state index is 12.0. The number of hydrogen-bond donors (Lipinski definition) is 1. The third kappa shape index (κ3) is 4.07. The molecule has 0 radical (unpaired) electrons. The van der Waals surface area contributed by atoms with Crippen molar-refractivity contribution in [3.63, 3.8) is 0 Å². The first-order valence-electron chi connectivity index (χ1n) is 7.39. The zero-order valence-corrected chi connectivity index (χ0v) is 13.2. The maximum Gasteiger partial charge on any atom is 0.229 e. The summed E-state index contributed by atoms with van der Waals surface area (Å²) in [6.45, 7) is 2.12. The van der Waals surface area contributed by atoms with Crippen molar-refractivity contribution in [2.45, 2.75) is 38.6 Å². The van der Waals surface area contributed by atoms with Gasteiger partial charge >= 0.3 is 0 Å². The second-order valence-corrected chi connectivity index (χ2v) is 5.71. The summed E-state index contributed by atoms with van der Waals surface area (Å²) >= 11 is 5.97. The Morgan fingerprint density at radius 3 is 2.59 bits per heavy atom. The van der Waals surface area contributed by atoms with Crippen molar-refractivity contribution in [3.05, 3.63) is 34.9 Å². The van der Waals surface area contributed by atoms with Crippen LogP contribution >= 0.6 is 11.6 Å². The number of hydrogen-bond acceptors (Lipinski definition) is 3. The molecule has 1 aromatic rings. The highest BCUT2D eigenvalue weighted by atomic mass is 35.5. The smallest absolute Gasteiger partial charge is 0.229 e. The molecule has 1 aliphatic rings. The minimum absolute atomic E-state index is 0.120. The first-order chi connectivity index (χ1) is 10.5. The number of halogens is 1. The zero-order valence-electron chi connectivity index (χ0n) is 12.5. The van der Waals surface area contributed by atoms with Crippen molar-refractivity contribution in [1.82, 2.24) is 10.2 Å². The summed E-state index contributed by atoms with van der Waals surface area (Å²) in [6, 6.07) is 7.23. The molecule has 3 amide bonds. The molecule has 0 saturated carbocycles. The third-order valence-corrected chi connectivity index (χ3v) is 3.95. The lowest BCUT2D eigenvalue weighted by Gasteiger charge is -2.19. The normalized spacial score (nSPS) is 16.0. The number of nitrogens with zero attached hydrogens (tertiary/aromatic N) is 1. The lowest BCUT2D eigenvalue weighted by Crippen LogP contribution is -2.35. The van der Waals surface area contributed by atoms with Crippen molar-refractivity contribution in [3.8, 4) is 0 Å². The van der Waals surface area contributed by atoms with Crippen LogP contribution < -0.4 is 5.32 Å². The summed E-state index contributed by atoms with van der Waals surface area (Å²) in [5.74, 6) is -0.571. The van der Waals surface area contributed by atoms with Gasteiger partial charge in [-0.3, -0.25) is 19.3 Å². The highest BCUT2D eigenvalue weighted by molar-refractivity contribution is 6.30. The molecule has 22 heavy (non-hydrogen) atoms. The summed E-state index contributed by atoms with van der Waals surface area (Å²) in [5, 5.41) is 3.54. The first-order valence-corrected chi connectivity index (χ1v) is 7.77. The van der Waals surface area contributed by atoms with Gasteiger partial charge in [0.1, 0.15) is 0 Å². The Bertz CT molecular complexity index is 573. The second kappa shape index (κ2) is 7.40. The molecule has 118 valence electrons. The van der Waals surface area contributed by atoms with Crippen molar-refractivity contribution in [2.75, 3.05) is 6.54 Å². The summed E-state index contributed by atoms with van der Waals surface area (Å²) in [7, 11) is 0. The number of imide groups is 1. The number of nitrogens with one attached hydrogen (secondary N) is 1. The van der Waals surface area contributed by atoms with Crippen LogP contribution in [0.3, 0.4) is 0 Å². The largest absolute Gasteiger partial charge is 0.349 e. The Labute approximate surface area is 134 Å². The summed E-state index contributed by atoms with van der Waals surface area (Å²) in [6.07, 6.45) is 1.35. The van der Waals surface area contributed by atoms with E-state index in [9.17, 15) is 14.4 Å². The molecule has 1 N–H and O–H groups in total. The van der Waals surface area contributed by atoms with Gasteiger partial charge in [-0.1, -0.05) is 30.7 Å². The van der Waals surface area contributed by atoms with Gasteiger partial charge in [0, 0.05) is 30.8 Å². The fourth-order valence-corrected chi connectivity index (χ4v) is 2.70. The monoisotopic (exact) mass is 322 g/mol. The Balaban J connectivity index is 1.90. The number of amides is 3. The molecular formula is C16H19ClN2O3. The van der Waals surface area contributed by atoms with Gasteiger partial charge in [-0.25, -0.2) is 0 Å². The number of carbonyl (C=O) groups is 3. The van der Waals surface area contributed by atoms with Gasteiger partial charge in [-0.05, 0) is 24.1 Å². The van der Waals surface area contributed by atoms with Gasteiger partial charge in [0.05, 0.1) is 6.04 Å². The quantitative estimate of drug-likeness (QED) is 0.818. The molecular weight excluding hydrogens is 304 g/mol. The maximum atomic E-state index is 12.0. The highest BCUT2D eigenvalue weighted by Gasteiger charge is 2.28. The molecule has 5 nitrogen and oxygen atoms in total. The number of carbonyl (C=O) groups excluding carboxylic acids is 3. The highest BCUT2D eigenvalue weighted by Crippen LogP contribution is 2.20. The predicted octanol–water partition coefficient (Wildman–Crippen LogP) is 2.45. The summed E-state index contributed by atoms with van der Waals surface area (Å²) in [4.78, 5) is 36.2. The Morgan fingerprint density at radius 1 is 1.32 bits per heavy atom. The molecule has 0 bridgehead atoms. The standard InChI is InChI=1S/C16H19ClN2O3/c1-2-13(11-4-3-5-12(17)10-11)18-14(20)8-9-19-15(21)6-7-16(19)22/h3-5,10,13H,2,6-9H2,1H3,(H,18,20). The predicted molar refractivity (Wildman–Crippen MR) is 83.2 cm³/mol. The molecule has 1 saturated heterocycles. The van der Waals surface area contributed by atoms with E-state index in [4.69, 9.17) is 11.6 Å². The molecule has 1 unspecified atom stereocenters. The van der Waals surface area contributed by atoms with Crippen LogP contribution in [0, 0.1) is 0 Å². The van der Waals surface area contributed by atoms with Crippen molar-refractivity contribution >= 4 is 29.3 Å². The molecule has 0 spiro atoms. The van der Waals surface area contributed by atoms with Gasteiger partial charge in [0.2, 0.25) is 17.7 Å². The molecule has 1 atom stereocenters. The average Bonchev–Trinajstić information content (AvgIpc) is 2.81. The van der Waals surface area contributed by atoms with E-state index in [-0.39, 0.29) is 49.6 Å². The van der Waals surface area contributed by atoms with Crippen LogP contribution in [0.25, 0.3) is 0 Å². The Hall–Kier alpha value is -1.88. The van der Waals surface area contributed by atoms with Crippen LogP contribution in [0.2, 0.25) is 5.02 Å². The number of likely N-dealkylation sites (tertiary alicyclic amines) is 1. The van der Waals surface area contributed by atoms with Crippen LogP contribution in [0.5, 0.6) is 0 Å². The number of rotatable bonds is 6. The molecule has 1 heterocycles. The fourth-order valence-electron chi connectivity index (χ4n) is 2.50. The van der Waals surface area contributed by atoms with Gasteiger partial charge in [0.15, 0.2) is 0 Å². The molecule has 1 fully saturated rings. The number of benzene rings is 1. The van der Waals surface area contributed by atoms with Crippen LogP contribution in [0.4, 0.5) is 0 Å². The zero-order chi connectivity index (χ0) is 16.1. The van der Waals surface area contributed by atoms with E-state index in [2.05, 4.69) is 5.32 Å². The van der Waals surface area contributed by atoms with Gasteiger partial charge in [0.25, 0.3) is 0 Å². The van der Waals surface area contributed by atoms with E-state index < -0.39 is 0 Å². The van der Waals surface area contributed by atoms with Crippen LogP contribution in [-0.2, 0) is 14.4 Å². The third-order valence-electron chi connectivity index (χ3n) is 3.71. The second-order valence-electron chi connectivity index (χ2n) is 5.27. The van der Waals surface area contributed by atoms with E-state index >= 15 is 0 Å². The van der Waals surface area contributed by atoms with Gasteiger partial charge < -0.3 is 5.32 Å². The SMILES string of the molecule is CCC(NC(=O)CCN1C(=O)CCC1=O)c1cccc(Cl)c1. The Kier molecular flexibility index (Phi) is 5.55. The molecule has 2 rings (SSSR count). The molecule has 0 aromatic heterocycles. The van der Waals surface area contributed by atoms with E-state index in [0.29, 0.717) is 5.02 Å². The lowest BCUT2D eigenvalue weighted by atomic mass is 10.0. The summed E-state index contributed by atoms with van der Waals surface area (Å²) in [5.41, 5.74) is 0.941. The topological polar surface area (TPSA) is 66.5 Å². The van der Waals surface area contributed by atoms with Crippen LogP contribution in [0.15, 0.2) is 24.3 Å². The first kappa shape index (κ1) is 16.5. The lowest BCUT2D eigenvalue weighted by molar-refractivity contribution is -0.138. The molecule has 1 aliphatic heterocycles. The van der Waals surface area contributed by atoms with Crippen molar-refractivity contribution < 1.29 is 14.4 Å².